The van der Waals surface area contributed by atoms with Crippen LogP contribution in [0.4, 0.5) is 0 Å². The molecule has 4 aromatic rings. The Labute approximate surface area is 176 Å². The summed E-state index contributed by atoms with van der Waals surface area (Å²) < 4.78 is 5.65. The second-order valence-electron chi connectivity index (χ2n) is 6.97. The number of aromatic nitrogens is 8. The molecule has 0 spiro atoms. The molecule has 15 nitrogen and oxygen atoms in total. The van der Waals surface area contributed by atoms with E-state index in [2.05, 4.69) is 15.0 Å². The van der Waals surface area contributed by atoms with Gasteiger partial charge in [-0.3, -0.25) is 32.8 Å². The maximum absolute atomic E-state index is 12.3. The van der Waals surface area contributed by atoms with Crippen LogP contribution in [0.1, 0.15) is 11.6 Å². The molecule has 0 aliphatic rings. The lowest BCUT2D eigenvalue weighted by atomic mass is 10.5. The van der Waals surface area contributed by atoms with E-state index in [0.717, 1.165) is 24.6 Å². The molecule has 0 aliphatic carbocycles. The van der Waals surface area contributed by atoms with E-state index in [1.807, 2.05) is 0 Å². The van der Waals surface area contributed by atoms with Crippen LogP contribution in [0.2, 0.25) is 0 Å². The van der Waals surface area contributed by atoms with Gasteiger partial charge < -0.3 is 11.0 Å². The molecule has 0 bridgehead atoms. The minimum absolute atomic E-state index is 0.00783. The van der Waals surface area contributed by atoms with Gasteiger partial charge in [-0.2, -0.15) is 4.73 Å². The fourth-order valence-corrected chi connectivity index (χ4v) is 3.25. The van der Waals surface area contributed by atoms with Gasteiger partial charge in [0.15, 0.2) is 34.0 Å². The normalized spacial score (nSPS) is 12.2. The lowest BCUT2D eigenvalue weighted by Gasteiger charge is -2.02. The Kier molecular flexibility index (Phi) is 4.46. The van der Waals surface area contributed by atoms with Crippen molar-refractivity contribution in [3.63, 3.8) is 0 Å². The highest BCUT2D eigenvalue weighted by Gasteiger charge is 2.18. The fraction of sp³-hybridized carbons (Fsp3) is 0.235. The number of nitrogens with zero attached hydrogens (tertiary/aromatic N) is 9. The molecule has 15 heteroatoms. The topological polar surface area (TPSA) is 182 Å². The van der Waals surface area contributed by atoms with Crippen LogP contribution < -0.4 is 28.3 Å². The van der Waals surface area contributed by atoms with E-state index in [4.69, 9.17) is 5.84 Å². The first-order valence-corrected chi connectivity index (χ1v) is 9.07. The molecule has 0 saturated heterocycles. The van der Waals surface area contributed by atoms with E-state index in [1.165, 1.54) is 45.0 Å². The van der Waals surface area contributed by atoms with Gasteiger partial charge in [0.2, 0.25) is 0 Å². The molecule has 0 atom stereocenters. The number of nitrogen functional groups attached to an aromatic ring is 1. The van der Waals surface area contributed by atoms with Crippen LogP contribution in [0.15, 0.2) is 30.4 Å². The first-order valence-electron chi connectivity index (χ1n) is 9.07. The number of aryl methyl sites for hydroxylation is 2. The van der Waals surface area contributed by atoms with Crippen LogP contribution in [0.25, 0.3) is 28.4 Å². The highest BCUT2D eigenvalue weighted by Crippen LogP contribution is 2.09. The Bertz CT molecular complexity index is 1590. The summed E-state index contributed by atoms with van der Waals surface area (Å²) in [5.41, 5.74) is -2.49. The van der Waals surface area contributed by atoms with Gasteiger partial charge in [-0.05, 0) is 0 Å². The zero-order valence-corrected chi connectivity index (χ0v) is 17.4. The van der Waals surface area contributed by atoms with Gasteiger partial charge in [0.25, 0.3) is 11.1 Å². The second kappa shape index (κ2) is 6.93. The van der Waals surface area contributed by atoms with Crippen molar-refractivity contribution in [1.29, 1.82) is 0 Å². The van der Waals surface area contributed by atoms with Crippen molar-refractivity contribution < 1.29 is 5.21 Å². The molecule has 3 N–H and O–H groups in total. The quantitative estimate of drug-likeness (QED) is 0.194. The minimum Gasteiger partial charge on any atom is -0.426 e. The molecule has 4 heterocycles. The third-order valence-corrected chi connectivity index (χ3v) is 5.08. The molecule has 0 saturated carbocycles. The van der Waals surface area contributed by atoms with E-state index < -0.39 is 22.5 Å². The number of fused-ring (bicyclic) bond motifs is 2. The predicted octanol–water partition coefficient (Wildman–Crippen LogP) is -2.78. The largest absolute Gasteiger partial charge is 0.426 e. The number of imidazole rings is 2. The highest BCUT2D eigenvalue weighted by atomic mass is 16.5. The molecule has 0 aliphatic heterocycles. The van der Waals surface area contributed by atoms with Crippen LogP contribution >= 0.6 is 0 Å². The molecule has 4 aromatic heterocycles. The molecule has 0 aromatic carbocycles. The number of aliphatic imine (C=N–C) groups is 1. The molecule has 0 unspecified atom stereocenters. The third kappa shape index (κ3) is 2.71. The van der Waals surface area contributed by atoms with Crippen LogP contribution in [0, 0.1) is 0 Å². The summed E-state index contributed by atoms with van der Waals surface area (Å²) in [6.45, 7) is 0. The Morgan fingerprint density at radius 3 is 1.91 bits per heavy atom. The molecule has 0 fully saturated rings. The summed E-state index contributed by atoms with van der Waals surface area (Å²) in [4.78, 5) is 60.9. The van der Waals surface area contributed by atoms with Crippen molar-refractivity contribution in [1.82, 2.24) is 37.6 Å². The van der Waals surface area contributed by atoms with E-state index in [1.54, 1.807) is 0 Å². The highest BCUT2D eigenvalue weighted by molar-refractivity contribution is 5.83. The summed E-state index contributed by atoms with van der Waals surface area (Å²) >= 11 is 0. The number of nitrogens with two attached hydrogens (primary N) is 1. The van der Waals surface area contributed by atoms with Crippen molar-refractivity contribution in [2.75, 3.05) is 5.84 Å². The molecule has 166 valence electrons. The Balaban J connectivity index is 1.75. The first-order chi connectivity index (χ1) is 15.1. The van der Waals surface area contributed by atoms with Crippen LogP contribution in [0.3, 0.4) is 0 Å². The molecule has 0 radical (unpaired) electrons. The zero-order chi connectivity index (χ0) is 23.5. The number of hydrogen-bond donors (Lipinski definition) is 2. The van der Waals surface area contributed by atoms with E-state index in [0.29, 0.717) is 4.73 Å². The van der Waals surface area contributed by atoms with Crippen LogP contribution in [0.5, 0.6) is 0 Å². The molecular weight excluding hydrogens is 424 g/mol. The van der Waals surface area contributed by atoms with Gasteiger partial charge in [0.1, 0.15) is 0 Å². The van der Waals surface area contributed by atoms with Gasteiger partial charge in [-0.25, -0.2) is 24.2 Å². The molecule has 0 amide bonds. The van der Waals surface area contributed by atoms with Crippen molar-refractivity contribution in [2.45, 2.75) is 0 Å². The van der Waals surface area contributed by atoms with Gasteiger partial charge in [-0.15, -0.1) is 0 Å². The van der Waals surface area contributed by atoms with E-state index in [9.17, 15) is 24.4 Å². The number of rotatable bonds is 3. The third-order valence-electron chi connectivity index (χ3n) is 5.08. The minimum atomic E-state index is -0.711. The Morgan fingerprint density at radius 2 is 1.31 bits per heavy atom. The zero-order valence-electron chi connectivity index (χ0n) is 17.4. The van der Waals surface area contributed by atoms with Crippen molar-refractivity contribution in [3.8, 4) is 0 Å². The maximum atomic E-state index is 12.3. The van der Waals surface area contributed by atoms with E-state index in [-0.39, 0.29) is 34.0 Å². The average molecular weight is 442 g/mol. The van der Waals surface area contributed by atoms with Crippen LogP contribution in [-0.4, -0.2) is 49.1 Å². The Hall–Kier alpha value is -4.69. The predicted molar refractivity (Wildman–Crippen MR) is 114 cm³/mol. The van der Waals surface area contributed by atoms with Gasteiger partial charge in [-0.1, -0.05) is 0 Å². The van der Waals surface area contributed by atoms with Crippen molar-refractivity contribution >= 4 is 34.6 Å². The molecule has 4 rings (SSSR count). The molecular formula is C17H18N10O5. The van der Waals surface area contributed by atoms with Crippen molar-refractivity contribution in [3.05, 3.63) is 59.5 Å². The summed E-state index contributed by atoms with van der Waals surface area (Å²) in [5, 5.41) is 10.3. The fourth-order valence-electron chi connectivity index (χ4n) is 3.25. The monoisotopic (exact) mass is 442 g/mol. The van der Waals surface area contributed by atoms with Gasteiger partial charge >= 0.3 is 11.4 Å². The molecule has 32 heavy (non-hydrogen) atoms. The van der Waals surface area contributed by atoms with E-state index >= 15 is 0 Å². The summed E-state index contributed by atoms with van der Waals surface area (Å²) in [6.07, 6.45) is 3.79. The summed E-state index contributed by atoms with van der Waals surface area (Å²) in [6, 6.07) is 0. The lowest BCUT2D eigenvalue weighted by Crippen LogP contribution is -2.38. The summed E-state index contributed by atoms with van der Waals surface area (Å²) in [5.74, 6) is 6.00. The standard InChI is InChI=1S/C17H18N10O5/c1-22-12-10(14(28)24(3)16(22)30)26(18)8(20-12)5-6-19-7-9-21-13-11(27(9)32)15(29)25(4)17(31)23(13)2/h5-7,32H,18H2,1-4H3/b6-5-,19-7+. The SMILES string of the molecule is Cn1c(=O)c2c(nc(/C=C\N=C\c3nc4c(c(=O)n(C)c(=O)n4C)n3O)n2N)n(C)c1=O. The average Bonchev–Trinajstić information content (AvgIpc) is 3.28. The number of hydrogen-bond acceptors (Lipinski definition) is 9. The van der Waals surface area contributed by atoms with Gasteiger partial charge in [0, 0.05) is 40.5 Å². The summed E-state index contributed by atoms with van der Waals surface area (Å²) in [7, 11) is 5.50. The Morgan fingerprint density at radius 1 is 0.812 bits per heavy atom. The smallest absolute Gasteiger partial charge is 0.332 e. The lowest BCUT2D eigenvalue weighted by molar-refractivity contribution is 0.195. The maximum Gasteiger partial charge on any atom is 0.332 e. The van der Waals surface area contributed by atoms with Crippen LogP contribution in [-0.2, 0) is 28.2 Å². The van der Waals surface area contributed by atoms with Gasteiger partial charge in [0.05, 0.1) is 6.21 Å². The first kappa shape index (κ1) is 20.6. The van der Waals surface area contributed by atoms with Crippen molar-refractivity contribution in [2.24, 2.45) is 33.2 Å². The second-order valence-corrected chi connectivity index (χ2v) is 6.97.